The topological polar surface area (TPSA) is 47.3 Å². The summed E-state index contributed by atoms with van der Waals surface area (Å²) in [5, 5.41) is 0. The lowest BCUT2D eigenvalue weighted by Crippen LogP contribution is -2.40. The van der Waals surface area contributed by atoms with Gasteiger partial charge in [-0.1, -0.05) is 0 Å². The van der Waals surface area contributed by atoms with Crippen LogP contribution >= 0.6 is 0 Å². The van der Waals surface area contributed by atoms with E-state index in [2.05, 4.69) is 5.43 Å². The monoisotopic (exact) mass is 228 g/mol. The van der Waals surface area contributed by atoms with Crippen LogP contribution in [0.5, 0.6) is 0 Å². The van der Waals surface area contributed by atoms with Crippen molar-refractivity contribution in [1.82, 2.24) is 5.43 Å². The molecule has 0 spiro atoms. The third-order valence-electron chi connectivity index (χ3n) is 2.36. The SMILES string of the molecule is COC(C)(C)CCC(CC(F)(F)F)NN. The average molecular weight is 228 g/mol. The summed E-state index contributed by atoms with van der Waals surface area (Å²) < 4.78 is 41.3. The molecule has 0 saturated heterocycles. The van der Waals surface area contributed by atoms with Gasteiger partial charge in [0.15, 0.2) is 0 Å². The average Bonchev–Trinajstić information content (AvgIpc) is 2.10. The van der Waals surface area contributed by atoms with Crippen LogP contribution in [0.2, 0.25) is 0 Å². The van der Waals surface area contributed by atoms with Gasteiger partial charge in [-0.05, 0) is 26.7 Å². The van der Waals surface area contributed by atoms with Crippen molar-refractivity contribution in [2.75, 3.05) is 7.11 Å². The van der Waals surface area contributed by atoms with Crippen molar-refractivity contribution in [2.45, 2.75) is 50.9 Å². The van der Waals surface area contributed by atoms with Gasteiger partial charge in [0.25, 0.3) is 0 Å². The van der Waals surface area contributed by atoms with Crippen LogP contribution in [0, 0.1) is 0 Å². The van der Waals surface area contributed by atoms with Gasteiger partial charge in [-0.15, -0.1) is 0 Å². The lowest BCUT2D eigenvalue weighted by atomic mass is 9.97. The Morgan fingerprint density at radius 2 is 1.87 bits per heavy atom. The molecule has 6 heteroatoms. The van der Waals surface area contributed by atoms with Gasteiger partial charge in [-0.3, -0.25) is 11.3 Å². The van der Waals surface area contributed by atoms with E-state index in [4.69, 9.17) is 10.6 Å². The van der Waals surface area contributed by atoms with Gasteiger partial charge in [-0.2, -0.15) is 13.2 Å². The van der Waals surface area contributed by atoms with Gasteiger partial charge in [0.1, 0.15) is 0 Å². The van der Waals surface area contributed by atoms with E-state index in [0.717, 1.165) is 0 Å². The van der Waals surface area contributed by atoms with Crippen molar-refractivity contribution in [3.05, 3.63) is 0 Å². The van der Waals surface area contributed by atoms with Crippen molar-refractivity contribution in [1.29, 1.82) is 0 Å². The van der Waals surface area contributed by atoms with Crippen LogP contribution in [0.25, 0.3) is 0 Å². The molecular weight excluding hydrogens is 209 g/mol. The highest BCUT2D eigenvalue weighted by Crippen LogP contribution is 2.25. The Bertz CT molecular complexity index is 183. The fourth-order valence-corrected chi connectivity index (χ4v) is 1.15. The minimum atomic E-state index is -4.19. The first-order valence-electron chi connectivity index (χ1n) is 4.78. The second-order valence-electron chi connectivity index (χ2n) is 4.19. The fourth-order valence-electron chi connectivity index (χ4n) is 1.15. The number of hydrogen-bond acceptors (Lipinski definition) is 3. The van der Waals surface area contributed by atoms with Crippen LogP contribution in [0.1, 0.15) is 33.1 Å². The second kappa shape index (κ2) is 5.67. The van der Waals surface area contributed by atoms with Crippen LogP contribution in [0.4, 0.5) is 13.2 Å². The highest BCUT2D eigenvalue weighted by molar-refractivity contribution is 4.75. The zero-order valence-electron chi connectivity index (χ0n) is 9.32. The Morgan fingerprint density at radius 3 is 2.20 bits per heavy atom. The molecule has 3 nitrogen and oxygen atoms in total. The van der Waals surface area contributed by atoms with Gasteiger partial charge in [-0.25, -0.2) is 0 Å². The summed E-state index contributed by atoms with van der Waals surface area (Å²) in [5.74, 6) is 5.06. The van der Waals surface area contributed by atoms with E-state index in [9.17, 15) is 13.2 Å². The first-order valence-corrected chi connectivity index (χ1v) is 4.78. The number of nitrogens with one attached hydrogen (secondary N) is 1. The summed E-state index contributed by atoms with van der Waals surface area (Å²) in [4.78, 5) is 0. The molecule has 0 amide bonds. The summed E-state index contributed by atoms with van der Waals surface area (Å²) in [6.07, 6.45) is -4.25. The first kappa shape index (κ1) is 14.7. The molecule has 0 aromatic rings. The largest absolute Gasteiger partial charge is 0.390 e. The van der Waals surface area contributed by atoms with Crippen molar-refractivity contribution in [3.63, 3.8) is 0 Å². The Kier molecular flexibility index (Phi) is 5.55. The molecule has 1 atom stereocenters. The Hall–Kier alpha value is -0.330. The molecule has 3 N–H and O–H groups in total. The van der Waals surface area contributed by atoms with E-state index in [0.29, 0.717) is 12.8 Å². The number of alkyl halides is 3. The quantitative estimate of drug-likeness (QED) is 0.539. The highest BCUT2D eigenvalue weighted by atomic mass is 19.4. The van der Waals surface area contributed by atoms with Crippen LogP contribution < -0.4 is 11.3 Å². The van der Waals surface area contributed by atoms with E-state index >= 15 is 0 Å². The van der Waals surface area contributed by atoms with Crippen molar-refractivity contribution >= 4 is 0 Å². The minimum absolute atomic E-state index is 0.330. The van der Waals surface area contributed by atoms with Gasteiger partial charge in [0.05, 0.1) is 12.0 Å². The molecule has 0 rings (SSSR count). The maximum atomic E-state index is 12.1. The second-order valence-corrected chi connectivity index (χ2v) is 4.19. The molecule has 0 aromatic heterocycles. The molecule has 0 aromatic carbocycles. The van der Waals surface area contributed by atoms with Gasteiger partial charge in [0, 0.05) is 13.2 Å². The predicted octanol–water partition coefficient (Wildman–Crippen LogP) is 1.98. The number of ether oxygens (including phenoxy) is 1. The van der Waals surface area contributed by atoms with Gasteiger partial charge < -0.3 is 4.74 Å². The normalized spacial score (nSPS) is 15.4. The standard InChI is InChI=1S/C9H19F3N2O/c1-8(2,15-3)5-4-7(14-13)6-9(10,11)12/h7,14H,4-6,13H2,1-3H3. The summed E-state index contributed by atoms with van der Waals surface area (Å²) in [5.41, 5.74) is 1.76. The lowest BCUT2D eigenvalue weighted by Gasteiger charge is -2.26. The number of rotatable bonds is 6. The maximum Gasteiger partial charge on any atom is 0.390 e. The first-order chi connectivity index (χ1) is 6.70. The Labute approximate surface area is 88.1 Å². The van der Waals surface area contributed by atoms with E-state index in [1.165, 1.54) is 7.11 Å². The van der Waals surface area contributed by atoms with Crippen molar-refractivity contribution < 1.29 is 17.9 Å². The third-order valence-corrected chi connectivity index (χ3v) is 2.36. The van der Waals surface area contributed by atoms with Crippen LogP contribution in [-0.2, 0) is 4.74 Å². The summed E-state index contributed by atoms with van der Waals surface area (Å²) in [6.45, 7) is 3.66. The number of nitrogens with two attached hydrogens (primary N) is 1. The Morgan fingerprint density at radius 1 is 1.33 bits per heavy atom. The molecule has 0 radical (unpaired) electrons. The molecule has 0 aliphatic heterocycles. The summed E-state index contributed by atoms with van der Waals surface area (Å²) in [7, 11) is 1.54. The molecule has 0 bridgehead atoms. The molecule has 0 aliphatic carbocycles. The van der Waals surface area contributed by atoms with Crippen LogP contribution in [0.3, 0.4) is 0 Å². The van der Waals surface area contributed by atoms with E-state index < -0.39 is 24.2 Å². The van der Waals surface area contributed by atoms with Gasteiger partial charge >= 0.3 is 6.18 Å². The highest BCUT2D eigenvalue weighted by Gasteiger charge is 2.32. The summed E-state index contributed by atoms with van der Waals surface area (Å²) in [6, 6.07) is -0.751. The number of halogens is 3. The number of hydrogen-bond donors (Lipinski definition) is 2. The number of hydrazine groups is 1. The third kappa shape index (κ3) is 7.58. The van der Waals surface area contributed by atoms with Crippen LogP contribution in [-0.4, -0.2) is 24.9 Å². The molecule has 1 unspecified atom stereocenters. The van der Waals surface area contributed by atoms with E-state index in [1.807, 2.05) is 13.8 Å². The van der Waals surface area contributed by atoms with Gasteiger partial charge in [0.2, 0.25) is 0 Å². The fraction of sp³-hybridized carbons (Fsp3) is 1.00. The smallest absolute Gasteiger partial charge is 0.379 e. The molecule has 92 valence electrons. The van der Waals surface area contributed by atoms with E-state index in [1.54, 1.807) is 0 Å². The maximum absolute atomic E-state index is 12.1. The Balaban J connectivity index is 4.01. The van der Waals surface area contributed by atoms with E-state index in [-0.39, 0.29) is 0 Å². The predicted molar refractivity (Wildman–Crippen MR) is 52.1 cm³/mol. The van der Waals surface area contributed by atoms with Crippen molar-refractivity contribution in [2.24, 2.45) is 5.84 Å². The zero-order valence-corrected chi connectivity index (χ0v) is 9.32. The molecule has 0 fully saturated rings. The number of methoxy groups -OCH3 is 1. The minimum Gasteiger partial charge on any atom is -0.379 e. The summed E-state index contributed by atoms with van der Waals surface area (Å²) >= 11 is 0. The molecular formula is C9H19F3N2O. The molecule has 0 aliphatic rings. The molecule has 0 saturated carbocycles. The van der Waals surface area contributed by atoms with Crippen LogP contribution in [0.15, 0.2) is 0 Å². The molecule has 0 heterocycles. The van der Waals surface area contributed by atoms with Crippen molar-refractivity contribution in [3.8, 4) is 0 Å². The zero-order chi connectivity index (χ0) is 12.1. The molecule has 15 heavy (non-hydrogen) atoms. The lowest BCUT2D eigenvalue weighted by molar-refractivity contribution is -0.141.